The summed E-state index contributed by atoms with van der Waals surface area (Å²) in [5.74, 6) is 1.41. The zero-order valence-electron chi connectivity index (χ0n) is 19.5. The van der Waals surface area contributed by atoms with Gasteiger partial charge in [0.2, 0.25) is 5.89 Å². The number of benzene rings is 2. The van der Waals surface area contributed by atoms with Crippen molar-refractivity contribution in [2.24, 2.45) is 5.92 Å². The predicted octanol–water partition coefficient (Wildman–Crippen LogP) is 5.09. The van der Waals surface area contributed by atoms with Crippen molar-refractivity contribution in [3.8, 4) is 17.3 Å². The molecule has 2 heterocycles. The number of hydrogen-bond donors (Lipinski definition) is 0. The van der Waals surface area contributed by atoms with Crippen LogP contribution in [0.5, 0.6) is 0 Å². The van der Waals surface area contributed by atoms with E-state index >= 15 is 0 Å². The van der Waals surface area contributed by atoms with Crippen LogP contribution in [-0.4, -0.2) is 37.8 Å². The molecule has 33 heavy (non-hydrogen) atoms. The quantitative estimate of drug-likeness (QED) is 0.379. The Morgan fingerprint density at radius 1 is 1.06 bits per heavy atom. The maximum absolute atomic E-state index is 13.1. The molecule has 0 N–H and O–H groups in total. The van der Waals surface area contributed by atoms with E-state index in [1.165, 1.54) is 0 Å². The van der Waals surface area contributed by atoms with Gasteiger partial charge in [-0.15, -0.1) is 10.2 Å². The molecule has 0 bridgehead atoms. The summed E-state index contributed by atoms with van der Waals surface area (Å²) in [6, 6.07) is 19.5. The summed E-state index contributed by atoms with van der Waals surface area (Å²) in [5.41, 5.74) is 4.21. The van der Waals surface area contributed by atoms with Gasteiger partial charge in [0.05, 0.1) is 5.69 Å². The molecule has 4 rings (SSSR count). The van der Waals surface area contributed by atoms with E-state index in [1.54, 1.807) is 11.8 Å². The first-order valence-electron chi connectivity index (χ1n) is 11.2. The van der Waals surface area contributed by atoms with Gasteiger partial charge in [-0.25, -0.2) is 4.68 Å². The third kappa shape index (κ3) is 5.37. The lowest BCUT2D eigenvalue weighted by molar-refractivity contribution is 0.0785. The van der Waals surface area contributed by atoms with Crippen LogP contribution in [0.1, 0.15) is 47.8 Å². The zero-order valence-corrected chi connectivity index (χ0v) is 19.5. The summed E-state index contributed by atoms with van der Waals surface area (Å²) in [7, 11) is 1.82. The van der Waals surface area contributed by atoms with Crippen molar-refractivity contribution in [1.82, 2.24) is 24.9 Å². The lowest BCUT2D eigenvalue weighted by Gasteiger charge is -2.18. The minimum atomic E-state index is -0.0376. The van der Waals surface area contributed by atoms with Crippen LogP contribution in [0.3, 0.4) is 0 Å². The Kier molecular flexibility index (Phi) is 6.68. The number of carbonyl (C=O) groups is 1. The van der Waals surface area contributed by atoms with E-state index in [1.807, 2.05) is 72.4 Å². The molecule has 0 saturated heterocycles. The Hall–Kier alpha value is -3.74. The largest absolute Gasteiger partial charge is 0.420 e. The molecule has 0 atom stereocenters. The maximum Gasteiger partial charge on any atom is 0.268 e. The normalized spacial score (nSPS) is 11.2. The fourth-order valence-corrected chi connectivity index (χ4v) is 3.68. The number of aryl methyl sites for hydroxylation is 2. The van der Waals surface area contributed by atoms with Gasteiger partial charge in [-0.1, -0.05) is 50.2 Å². The second-order valence-electron chi connectivity index (χ2n) is 8.69. The first kappa shape index (κ1) is 22.5. The number of carbonyl (C=O) groups excluding carboxylic acids is 1. The summed E-state index contributed by atoms with van der Waals surface area (Å²) < 4.78 is 7.47. The first-order valence-corrected chi connectivity index (χ1v) is 11.2. The predicted molar refractivity (Wildman–Crippen MR) is 127 cm³/mol. The van der Waals surface area contributed by atoms with E-state index in [9.17, 15) is 4.79 Å². The number of rotatable bonds is 8. The molecule has 1 amide bonds. The molecule has 170 valence electrons. The molecule has 0 aliphatic heterocycles. The summed E-state index contributed by atoms with van der Waals surface area (Å²) in [6.07, 6.45) is 1.87. The van der Waals surface area contributed by atoms with Crippen molar-refractivity contribution in [3.63, 3.8) is 0 Å². The molecule has 0 saturated carbocycles. The topological polar surface area (TPSA) is 77.1 Å². The number of amides is 1. The van der Waals surface area contributed by atoms with Gasteiger partial charge in [-0.05, 0) is 48.6 Å². The molecule has 0 spiro atoms. The maximum atomic E-state index is 13.1. The average molecular weight is 444 g/mol. The van der Waals surface area contributed by atoms with Crippen molar-refractivity contribution in [2.75, 3.05) is 7.05 Å². The van der Waals surface area contributed by atoms with Crippen LogP contribution in [0, 0.1) is 12.8 Å². The SMILES string of the molecule is Cc1nnc(-c2cc(CCC(C)C)n(-c3cccc(C(=O)N(C)Cc4ccccc4)c3)n2)o1. The Morgan fingerprint density at radius 3 is 2.55 bits per heavy atom. The first-order chi connectivity index (χ1) is 15.9. The highest BCUT2D eigenvalue weighted by molar-refractivity contribution is 5.94. The van der Waals surface area contributed by atoms with Crippen LogP contribution < -0.4 is 0 Å². The van der Waals surface area contributed by atoms with E-state index in [0.717, 1.165) is 29.8 Å². The minimum absolute atomic E-state index is 0.0376. The van der Waals surface area contributed by atoms with Crippen LogP contribution >= 0.6 is 0 Å². The summed E-state index contributed by atoms with van der Waals surface area (Å²) >= 11 is 0. The van der Waals surface area contributed by atoms with E-state index in [-0.39, 0.29) is 5.91 Å². The smallest absolute Gasteiger partial charge is 0.268 e. The monoisotopic (exact) mass is 443 g/mol. The Bertz CT molecular complexity index is 1230. The second-order valence-corrected chi connectivity index (χ2v) is 8.69. The third-order valence-corrected chi connectivity index (χ3v) is 5.45. The van der Waals surface area contributed by atoms with E-state index in [2.05, 4.69) is 24.0 Å². The Labute approximate surface area is 194 Å². The molecule has 0 radical (unpaired) electrons. The lowest BCUT2D eigenvalue weighted by Crippen LogP contribution is -2.26. The van der Waals surface area contributed by atoms with Crippen molar-refractivity contribution >= 4 is 5.91 Å². The van der Waals surface area contributed by atoms with Gasteiger partial charge in [0.1, 0.15) is 5.69 Å². The van der Waals surface area contributed by atoms with E-state index in [4.69, 9.17) is 9.52 Å². The highest BCUT2D eigenvalue weighted by Crippen LogP contribution is 2.23. The van der Waals surface area contributed by atoms with Crippen molar-refractivity contribution in [2.45, 2.75) is 40.2 Å². The van der Waals surface area contributed by atoms with Crippen molar-refractivity contribution in [1.29, 1.82) is 0 Å². The Morgan fingerprint density at radius 2 is 1.85 bits per heavy atom. The van der Waals surface area contributed by atoms with Crippen LogP contribution in [0.15, 0.2) is 65.1 Å². The van der Waals surface area contributed by atoms with Crippen molar-refractivity contribution < 1.29 is 9.21 Å². The average Bonchev–Trinajstić information content (AvgIpc) is 3.44. The van der Waals surface area contributed by atoms with Gasteiger partial charge < -0.3 is 9.32 Å². The molecule has 0 unspecified atom stereocenters. The second kappa shape index (κ2) is 9.81. The molecular formula is C26H29N5O2. The molecule has 4 aromatic rings. The number of aromatic nitrogens is 4. The van der Waals surface area contributed by atoms with Gasteiger partial charge in [0.15, 0.2) is 0 Å². The van der Waals surface area contributed by atoms with Crippen LogP contribution in [0.4, 0.5) is 0 Å². The summed E-state index contributed by atoms with van der Waals surface area (Å²) in [6.45, 7) is 6.70. The molecule has 2 aromatic heterocycles. The van der Waals surface area contributed by atoms with Gasteiger partial charge in [0, 0.05) is 31.8 Å². The van der Waals surface area contributed by atoms with Crippen LogP contribution in [-0.2, 0) is 13.0 Å². The van der Waals surface area contributed by atoms with Crippen LogP contribution in [0.2, 0.25) is 0 Å². The number of nitrogens with zero attached hydrogens (tertiary/aromatic N) is 5. The Balaban J connectivity index is 1.63. The van der Waals surface area contributed by atoms with Crippen molar-refractivity contribution in [3.05, 3.63) is 83.4 Å². The third-order valence-electron chi connectivity index (χ3n) is 5.45. The minimum Gasteiger partial charge on any atom is -0.420 e. The molecule has 7 heteroatoms. The molecule has 7 nitrogen and oxygen atoms in total. The molecular weight excluding hydrogens is 414 g/mol. The van der Waals surface area contributed by atoms with Gasteiger partial charge in [-0.3, -0.25) is 4.79 Å². The van der Waals surface area contributed by atoms with E-state index < -0.39 is 0 Å². The molecule has 0 fully saturated rings. The zero-order chi connectivity index (χ0) is 23.4. The molecule has 0 aliphatic carbocycles. The lowest BCUT2D eigenvalue weighted by atomic mass is 10.1. The van der Waals surface area contributed by atoms with Crippen LogP contribution in [0.25, 0.3) is 17.3 Å². The fourth-order valence-electron chi connectivity index (χ4n) is 3.68. The molecule has 2 aromatic carbocycles. The summed E-state index contributed by atoms with van der Waals surface area (Å²) in [5, 5.41) is 12.8. The molecule has 0 aliphatic rings. The van der Waals surface area contributed by atoms with Gasteiger partial charge >= 0.3 is 0 Å². The van der Waals surface area contributed by atoms with E-state index in [0.29, 0.717) is 35.5 Å². The fraction of sp³-hybridized carbons (Fsp3) is 0.308. The highest BCUT2D eigenvalue weighted by Gasteiger charge is 2.18. The standard InChI is InChI=1S/C26H29N5O2/c1-18(2)13-14-23-16-24(25-28-27-19(3)33-25)29-31(23)22-12-8-11-21(15-22)26(32)30(4)17-20-9-6-5-7-10-20/h5-12,15-16,18H,13-14,17H2,1-4H3. The van der Waals surface area contributed by atoms with Gasteiger partial charge in [-0.2, -0.15) is 5.10 Å². The number of hydrogen-bond acceptors (Lipinski definition) is 5. The van der Waals surface area contributed by atoms with Gasteiger partial charge in [0.25, 0.3) is 11.8 Å². The summed E-state index contributed by atoms with van der Waals surface area (Å²) in [4.78, 5) is 14.9. The highest BCUT2D eigenvalue weighted by atomic mass is 16.4.